The molecule has 0 aliphatic heterocycles. The summed E-state index contributed by atoms with van der Waals surface area (Å²) < 4.78 is 6.92. The lowest BCUT2D eigenvalue weighted by atomic mass is 10.0. The van der Waals surface area contributed by atoms with Crippen LogP contribution in [0.25, 0.3) is 11.0 Å². The smallest absolute Gasteiger partial charge is 0.220 e. The van der Waals surface area contributed by atoms with Gasteiger partial charge in [0.15, 0.2) is 10.8 Å². The van der Waals surface area contributed by atoms with Crippen LogP contribution < -0.4 is 10.6 Å². The van der Waals surface area contributed by atoms with Crippen molar-refractivity contribution >= 4 is 34.5 Å². The molecular weight excluding hydrogens is 364 g/mol. The minimum Gasteiger partial charge on any atom is -0.383 e. The molecule has 0 atom stereocenters. The molecule has 9 heteroatoms. The molecule has 0 aromatic carbocycles. The number of thioether (sulfide) groups is 1. The van der Waals surface area contributed by atoms with Crippen LogP contribution in [-0.2, 0) is 16.1 Å². The van der Waals surface area contributed by atoms with Crippen LogP contribution in [0.4, 0.5) is 5.82 Å². The second kappa shape index (κ2) is 9.89. The van der Waals surface area contributed by atoms with E-state index in [2.05, 4.69) is 25.7 Å². The molecule has 3 rings (SSSR count). The predicted octanol–water partition coefficient (Wildman–Crippen LogP) is 2.30. The molecule has 1 aliphatic rings. The maximum absolute atomic E-state index is 12.1. The topological polar surface area (TPSA) is 94.0 Å². The normalized spacial score (nSPS) is 14.7. The first-order valence-corrected chi connectivity index (χ1v) is 10.7. The minimum absolute atomic E-state index is 0.139. The average Bonchev–Trinajstić information content (AvgIpc) is 3.32. The summed E-state index contributed by atoms with van der Waals surface area (Å²) in [6, 6.07) is 0. The molecular formula is C18H28N6O2S. The highest BCUT2D eigenvalue weighted by atomic mass is 32.2. The molecule has 2 aromatic heterocycles. The Hall–Kier alpha value is -1.87. The van der Waals surface area contributed by atoms with Crippen molar-refractivity contribution in [2.45, 2.75) is 43.8 Å². The summed E-state index contributed by atoms with van der Waals surface area (Å²) in [5, 5.41) is 12.3. The van der Waals surface area contributed by atoms with Crippen molar-refractivity contribution < 1.29 is 9.53 Å². The number of methoxy groups -OCH3 is 1. The van der Waals surface area contributed by atoms with E-state index in [9.17, 15) is 4.79 Å². The Morgan fingerprint density at radius 3 is 2.89 bits per heavy atom. The zero-order valence-corrected chi connectivity index (χ0v) is 16.8. The number of aromatic nitrogens is 4. The predicted molar refractivity (Wildman–Crippen MR) is 107 cm³/mol. The molecule has 8 nitrogen and oxygen atoms in total. The van der Waals surface area contributed by atoms with Crippen molar-refractivity contribution in [2.24, 2.45) is 5.92 Å². The highest BCUT2D eigenvalue weighted by Crippen LogP contribution is 2.27. The lowest BCUT2D eigenvalue weighted by Gasteiger charge is -2.10. The Balaban J connectivity index is 1.62. The number of hydrogen-bond donors (Lipinski definition) is 2. The number of nitrogens with one attached hydrogen (secondary N) is 2. The second-order valence-corrected chi connectivity index (χ2v) is 7.56. The van der Waals surface area contributed by atoms with E-state index in [1.165, 1.54) is 37.4 Å². The van der Waals surface area contributed by atoms with Gasteiger partial charge in [0, 0.05) is 26.6 Å². The lowest BCUT2D eigenvalue weighted by molar-refractivity contribution is -0.122. The van der Waals surface area contributed by atoms with Gasteiger partial charge < -0.3 is 15.4 Å². The monoisotopic (exact) mass is 392 g/mol. The molecule has 0 saturated heterocycles. The standard InChI is InChI=1S/C18H28N6O2S/c1-26-10-8-20-16-14-12-21-24(17(14)23-18(22-16)27-2)9-7-19-15(25)11-13-5-3-4-6-13/h12-13H,3-11H2,1-2H3,(H,19,25)(H,20,22,23). The fourth-order valence-electron chi connectivity index (χ4n) is 3.45. The van der Waals surface area contributed by atoms with Gasteiger partial charge in [0.25, 0.3) is 0 Å². The van der Waals surface area contributed by atoms with Gasteiger partial charge in [-0.25, -0.2) is 14.6 Å². The van der Waals surface area contributed by atoms with Crippen LogP contribution in [0.15, 0.2) is 11.4 Å². The van der Waals surface area contributed by atoms with Crippen molar-refractivity contribution in [1.29, 1.82) is 0 Å². The van der Waals surface area contributed by atoms with E-state index in [1.807, 2.05) is 10.9 Å². The summed E-state index contributed by atoms with van der Waals surface area (Å²) in [7, 11) is 1.67. The number of rotatable bonds is 10. The van der Waals surface area contributed by atoms with Gasteiger partial charge in [0.1, 0.15) is 5.82 Å². The first-order chi connectivity index (χ1) is 13.2. The van der Waals surface area contributed by atoms with E-state index in [1.54, 1.807) is 13.3 Å². The summed E-state index contributed by atoms with van der Waals surface area (Å²) in [4.78, 5) is 21.2. The zero-order chi connectivity index (χ0) is 19.1. The van der Waals surface area contributed by atoms with Crippen LogP contribution in [0.3, 0.4) is 0 Å². The van der Waals surface area contributed by atoms with E-state index < -0.39 is 0 Å². The van der Waals surface area contributed by atoms with E-state index >= 15 is 0 Å². The molecule has 1 fully saturated rings. The van der Waals surface area contributed by atoms with Gasteiger partial charge >= 0.3 is 0 Å². The van der Waals surface area contributed by atoms with Crippen molar-refractivity contribution in [3.05, 3.63) is 6.20 Å². The molecule has 148 valence electrons. The number of hydrogen-bond acceptors (Lipinski definition) is 7. The number of carbonyl (C=O) groups is 1. The summed E-state index contributed by atoms with van der Waals surface area (Å²) in [6.07, 6.45) is 9.25. The summed E-state index contributed by atoms with van der Waals surface area (Å²) in [5.74, 6) is 1.46. The van der Waals surface area contributed by atoms with Gasteiger partial charge in [-0.15, -0.1) is 0 Å². The van der Waals surface area contributed by atoms with Crippen molar-refractivity contribution in [3.8, 4) is 0 Å². The first kappa shape index (κ1) is 19.9. The van der Waals surface area contributed by atoms with Crippen LogP contribution in [0.2, 0.25) is 0 Å². The SMILES string of the molecule is COCCNc1nc(SC)nc2c1cnn2CCNC(=O)CC1CCCC1. The summed E-state index contributed by atoms with van der Waals surface area (Å²) in [5.41, 5.74) is 0.777. The van der Waals surface area contributed by atoms with Crippen LogP contribution in [0, 0.1) is 5.92 Å². The molecule has 1 amide bonds. The number of fused-ring (bicyclic) bond motifs is 1. The largest absolute Gasteiger partial charge is 0.383 e. The minimum atomic E-state index is 0.139. The number of amides is 1. The van der Waals surface area contributed by atoms with E-state index in [4.69, 9.17) is 4.74 Å². The maximum atomic E-state index is 12.1. The molecule has 2 aromatic rings. The van der Waals surface area contributed by atoms with Crippen molar-refractivity contribution in [3.63, 3.8) is 0 Å². The van der Waals surface area contributed by atoms with E-state index in [0.717, 1.165) is 16.9 Å². The molecule has 27 heavy (non-hydrogen) atoms. The van der Waals surface area contributed by atoms with Gasteiger partial charge in [0.2, 0.25) is 5.91 Å². The molecule has 0 spiro atoms. The third-order valence-corrected chi connectivity index (χ3v) is 5.40. The number of anilines is 1. The fourth-order valence-corrected chi connectivity index (χ4v) is 3.81. The summed E-state index contributed by atoms with van der Waals surface area (Å²) >= 11 is 1.49. The van der Waals surface area contributed by atoms with Gasteiger partial charge in [-0.3, -0.25) is 4.79 Å². The van der Waals surface area contributed by atoms with E-state index in [-0.39, 0.29) is 5.91 Å². The highest BCUT2D eigenvalue weighted by Gasteiger charge is 2.18. The Bertz CT molecular complexity index is 760. The lowest BCUT2D eigenvalue weighted by Crippen LogP contribution is -2.28. The first-order valence-electron chi connectivity index (χ1n) is 9.48. The molecule has 0 radical (unpaired) electrons. The zero-order valence-electron chi connectivity index (χ0n) is 16.0. The molecule has 2 heterocycles. The van der Waals surface area contributed by atoms with Crippen LogP contribution in [0.1, 0.15) is 32.1 Å². The van der Waals surface area contributed by atoms with E-state index in [0.29, 0.717) is 43.7 Å². The van der Waals surface area contributed by atoms with Crippen LogP contribution in [0.5, 0.6) is 0 Å². The number of carbonyl (C=O) groups excluding carboxylic acids is 1. The number of nitrogens with zero attached hydrogens (tertiary/aromatic N) is 4. The van der Waals surface area contributed by atoms with Crippen LogP contribution in [-0.4, -0.2) is 58.7 Å². The molecule has 1 saturated carbocycles. The van der Waals surface area contributed by atoms with Gasteiger partial charge in [-0.1, -0.05) is 24.6 Å². The highest BCUT2D eigenvalue weighted by molar-refractivity contribution is 7.98. The quantitative estimate of drug-likeness (QED) is 0.364. The average molecular weight is 393 g/mol. The van der Waals surface area contributed by atoms with Gasteiger partial charge in [-0.05, 0) is 25.0 Å². The van der Waals surface area contributed by atoms with Gasteiger partial charge in [0.05, 0.1) is 24.7 Å². The maximum Gasteiger partial charge on any atom is 0.220 e. The Morgan fingerprint density at radius 1 is 1.33 bits per heavy atom. The van der Waals surface area contributed by atoms with Crippen molar-refractivity contribution in [2.75, 3.05) is 38.4 Å². The molecule has 1 aliphatic carbocycles. The summed E-state index contributed by atoms with van der Waals surface area (Å²) in [6.45, 7) is 2.40. The second-order valence-electron chi connectivity index (χ2n) is 6.79. The molecule has 2 N–H and O–H groups in total. The molecule has 0 bridgehead atoms. The number of ether oxygens (including phenoxy) is 1. The van der Waals surface area contributed by atoms with Crippen LogP contribution >= 0.6 is 11.8 Å². The Kier molecular flexibility index (Phi) is 7.28. The molecule has 0 unspecified atom stereocenters. The van der Waals surface area contributed by atoms with Gasteiger partial charge in [-0.2, -0.15) is 5.10 Å². The Labute approximate surface area is 163 Å². The Morgan fingerprint density at radius 2 is 2.15 bits per heavy atom. The fraction of sp³-hybridized carbons (Fsp3) is 0.667. The van der Waals surface area contributed by atoms with Crippen molar-refractivity contribution in [1.82, 2.24) is 25.1 Å². The third-order valence-electron chi connectivity index (χ3n) is 4.85. The third kappa shape index (κ3) is 5.32.